The van der Waals surface area contributed by atoms with E-state index < -0.39 is 5.97 Å². The van der Waals surface area contributed by atoms with E-state index in [-0.39, 0.29) is 0 Å². The Morgan fingerprint density at radius 1 is 1.43 bits per heavy atom. The van der Waals surface area contributed by atoms with E-state index in [1.165, 1.54) is 12.8 Å². The molecular formula is C10H18N2O2. The molecule has 0 aromatic rings. The number of rotatable bonds is 7. The summed E-state index contributed by atoms with van der Waals surface area (Å²) in [5.41, 5.74) is 8.01. The number of esters is 1. The molecule has 14 heavy (non-hydrogen) atoms. The van der Waals surface area contributed by atoms with E-state index in [1.807, 2.05) is 0 Å². The van der Waals surface area contributed by atoms with Crippen molar-refractivity contribution in [3.8, 4) is 0 Å². The summed E-state index contributed by atoms with van der Waals surface area (Å²) in [6.07, 6.45) is 5.09. The molecule has 4 heteroatoms. The average molecular weight is 198 g/mol. The quantitative estimate of drug-likeness (QED) is 0.206. The topological polar surface area (TPSA) is 62.7 Å². The largest absolute Gasteiger partial charge is 0.457 e. The third-order valence-corrected chi connectivity index (χ3v) is 1.83. The van der Waals surface area contributed by atoms with Gasteiger partial charge in [-0.25, -0.2) is 4.79 Å². The summed E-state index contributed by atoms with van der Waals surface area (Å²) >= 11 is 0. The van der Waals surface area contributed by atoms with Crippen LogP contribution in [0.5, 0.6) is 0 Å². The van der Waals surface area contributed by atoms with Crippen LogP contribution in [0.15, 0.2) is 0 Å². The smallest absolute Gasteiger partial charge is 0.413 e. The van der Waals surface area contributed by atoms with Crippen LogP contribution in [0.2, 0.25) is 0 Å². The van der Waals surface area contributed by atoms with Crippen LogP contribution in [0.1, 0.15) is 39.5 Å². The first-order chi connectivity index (χ1) is 6.66. The number of hydrogen-bond donors (Lipinski definition) is 0. The molecule has 0 unspecified atom stereocenters. The molecule has 0 rings (SSSR count). The fourth-order valence-corrected chi connectivity index (χ4v) is 1.09. The Balaban J connectivity index is 3.21. The molecule has 0 saturated carbocycles. The van der Waals surface area contributed by atoms with E-state index in [1.54, 1.807) is 0 Å². The summed E-state index contributed by atoms with van der Waals surface area (Å²) in [5.74, 6) is 0.149. The van der Waals surface area contributed by atoms with Crippen LogP contribution < -0.4 is 0 Å². The zero-order chi connectivity index (χ0) is 10.8. The Kier molecular flexibility index (Phi) is 7.75. The lowest BCUT2D eigenvalue weighted by Gasteiger charge is -2.03. The van der Waals surface area contributed by atoms with Gasteiger partial charge in [-0.15, -0.1) is 0 Å². The first kappa shape index (κ1) is 12.8. The molecular weight excluding hydrogens is 180 g/mol. The van der Waals surface area contributed by atoms with Gasteiger partial charge in [0.25, 0.3) is 0 Å². The van der Waals surface area contributed by atoms with Crippen molar-refractivity contribution in [2.24, 2.45) is 5.92 Å². The second kappa shape index (κ2) is 8.45. The molecule has 80 valence electrons. The highest BCUT2D eigenvalue weighted by molar-refractivity contribution is 6.20. The molecule has 0 bridgehead atoms. The zero-order valence-corrected chi connectivity index (χ0v) is 8.90. The van der Waals surface area contributed by atoms with E-state index >= 15 is 0 Å². The summed E-state index contributed by atoms with van der Waals surface area (Å²) in [6.45, 7) is 4.79. The Morgan fingerprint density at radius 3 is 2.71 bits per heavy atom. The minimum atomic E-state index is -0.587. The maximum atomic E-state index is 10.7. The maximum absolute atomic E-state index is 10.7. The van der Waals surface area contributed by atoms with Gasteiger partial charge in [-0.2, -0.15) is 4.79 Å². The number of nitrogens with zero attached hydrogens (tertiary/aromatic N) is 2. The predicted molar refractivity (Wildman–Crippen MR) is 53.9 cm³/mol. The van der Waals surface area contributed by atoms with Crippen LogP contribution in [0.3, 0.4) is 0 Å². The molecule has 0 saturated heterocycles. The zero-order valence-electron chi connectivity index (χ0n) is 8.90. The first-order valence-electron chi connectivity index (χ1n) is 5.01. The van der Waals surface area contributed by atoms with Gasteiger partial charge in [-0.05, 0) is 12.3 Å². The molecule has 0 heterocycles. The van der Waals surface area contributed by atoms with E-state index in [9.17, 15) is 4.79 Å². The third kappa shape index (κ3) is 8.94. The van der Waals surface area contributed by atoms with Gasteiger partial charge in [0.15, 0.2) is 0 Å². The van der Waals surface area contributed by atoms with Crippen LogP contribution >= 0.6 is 0 Å². The van der Waals surface area contributed by atoms with Crippen LogP contribution in [0.25, 0.3) is 5.53 Å². The van der Waals surface area contributed by atoms with Gasteiger partial charge in [0.2, 0.25) is 0 Å². The van der Waals surface area contributed by atoms with E-state index in [0.29, 0.717) is 6.61 Å². The van der Waals surface area contributed by atoms with Crippen molar-refractivity contribution in [2.45, 2.75) is 39.5 Å². The van der Waals surface area contributed by atoms with Gasteiger partial charge < -0.3 is 10.3 Å². The first-order valence-corrected chi connectivity index (χ1v) is 5.01. The van der Waals surface area contributed by atoms with E-state index in [4.69, 9.17) is 10.3 Å². The average Bonchev–Trinajstić information content (AvgIpc) is 2.11. The third-order valence-electron chi connectivity index (χ3n) is 1.83. The van der Waals surface area contributed by atoms with Gasteiger partial charge in [0.1, 0.15) is 0 Å². The molecule has 4 nitrogen and oxygen atoms in total. The molecule has 0 aromatic carbocycles. The van der Waals surface area contributed by atoms with Gasteiger partial charge in [0, 0.05) is 0 Å². The van der Waals surface area contributed by atoms with E-state index in [0.717, 1.165) is 25.0 Å². The molecule has 0 amide bonds. The van der Waals surface area contributed by atoms with Gasteiger partial charge in [-0.1, -0.05) is 33.1 Å². The van der Waals surface area contributed by atoms with Crippen LogP contribution in [0, 0.1) is 5.92 Å². The van der Waals surface area contributed by atoms with Gasteiger partial charge in [-0.3, -0.25) is 0 Å². The molecule has 0 spiro atoms. The summed E-state index contributed by atoms with van der Waals surface area (Å²) in [6, 6.07) is 0. The van der Waals surface area contributed by atoms with Gasteiger partial charge >= 0.3 is 12.2 Å². The fourth-order valence-electron chi connectivity index (χ4n) is 1.09. The number of unbranched alkanes of at least 4 members (excludes halogenated alkanes) is 2. The van der Waals surface area contributed by atoms with Crippen molar-refractivity contribution in [1.29, 1.82) is 0 Å². The minimum absolute atomic E-state index is 0.406. The number of ether oxygens (including phenoxy) is 1. The molecule has 0 aliphatic heterocycles. The predicted octanol–water partition coefficient (Wildman–Crippen LogP) is 2.05. The fraction of sp³-hybridized carbons (Fsp3) is 0.800. The lowest BCUT2D eigenvalue weighted by atomic mass is 10.1. The normalized spacial score (nSPS) is 9.64. The van der Waals surface area contributed by atoms with Gasteiger partial charge in [0.05, 0.1) is 6.61 Å². The maximum Gasteiger partial charge on any atom is 0.413 e. The SMILES string of the molecule is CC(C)CCCCCOC(=O)C=[N+]=[N-]. The second-order valence-electron chi connectivity index (χ2n) is 3.66. The minimum Gasteiger partial charge on any atom is -0.457 e. The monoisotopic (exact) mass is 198 g/mol. The molecule has 0 aliphatic carbocycles. The highest BCUT2D eigenvalue weighted by Crippen LogP contribution is 2.07. The highest BCUT2D eigenvalue weighted by Gasteiger charge is 2.01. The summed E-state index contributed by atoms with van der Waals surface area (Å²) in [5, 5.41) is 0. The number of carbonyl (C=O) groups excluding carboxylic acids is 1. The van der Waals surface area contributed by atoms with Crippen molar-refractivity contribution in [2.75, 3.05) is 6.61 Å². The van der Waals surface area contributed by atoms with Crippen LogP contribution in [-0.2, 0) is 9.53 Å². The van der Waals surface area contributed by atoms with Crippen molar-refractivity contribution in [3.63, 3.8) is 0 Å². The Bertz CT molecular complexity index is 208. The lowest BCUT2D eigenvalue weighted by molar-refractivity contribution is -0.139. The Labute approximate surface area is 84.9 Å². The molecule has 0 aliphatic rings. The number of carbonyl (C=O) groups is 1. The van der Waals surface area contributed by atoms with E-state index in [2.05, 4.69) is 18.6 Å². The Morgan fingerprint density at radius 2 is 2.14 bits per heavy atom. The standard InChI is InChI=1S/C10H18N2O2/c1-9(2)6-4-3-5-7-14-10(13)8-12-11/h8-9H,3-7H2,1-2H3. The van der Waals surface area contributed by atoms with Crippen LogP contribution in [0.4, 0.5) is 0 Å². The molecule has 0 radical (unpaired) electrons. The second-order valence-corrected chi connectivity index (χ2v) is 3.66. The molecule has 0 aromatic heterocycles. The van der Waals surface area contributed by atoms with Crippen molar-refractivity contribution < 1.29 is 14.3 Å². The summed E-state index contributed by atoms with van der Waals surface area (Å²) in [7, 11) is 0. The summed E-state index contributed by atoms with van der Waals surface area (Å²) < 4.78 is 4.74. The molecule has 0 fully saturated rings. The molecule has 0 atom stereocenters. The van der Waals surface area contributed by atoms with Crippen molar-refractivity contribution in [1.82, 2.24) is 0 Å². The summed E-state index contributed by atoms with van der Waals surface area (Å²) in [4.78, 5) is 13.2. The highest BCUT2D eigenvalue weighted by atomic mass is 16.5. The Hall–Kier alpha value is -1.15. The van der Waals surface area contributed by atoms with Crippen molar-refractivity contribution >= 4 is 12.2 Å². The number of hydrogen-bond acceptors (Lipinski definition) is 2. The molecule has 0 N–H and O–H groups in total. The lowest BCUT2D eigenvalue weighted by Crippen LogP contribution is -2.07. The van der Waals surface area contributed by atoms with Crippen LogP contribution in [-0.4, -0.2) is 23.6 Å². The van der Waals surface area contributed by atoms with Crippen molar-refractivity contribution in [3.05, 3.63) is 5.53 Å².